The number of imidazole rings is 1. The Morgan fingerprint density at radius 2 is 2.35 bits per heavy atom. The molecule has 0 saturated carbocycles. The monoisotopic (exact) mass is 287 g/mol. The van der Waals surface area contributed by atoms with Crippen LogP contribution < -0.4 is 0 Å². The van der Waals surface area contributed by atoms with E-state index in [0.717, 1.165) is 18.3 Å². The SMILES string of the molecule is CC(C)C1c2nc[nH]c2CCN1C(=O)OCC(C)(F)F. The molecule has 1 amide bonds. The molecule has 112 valence electrons. The van der Waals surface area contributed by atoms with Crippen LogP contribution in [-0.4, -0.2) is 40.0 Å². The van der Waals surface area contributed by atoms with Crippen molar-refractivity contribution in [3.05, 3.63) is 17.7 Å². The van der Waals surface area contributed by atoms with Gasteiger partial charge in [-0.2, -0.15) is 0 Å². The largest absolute Gasteiger partial charge is 0.443 e. The van der Waals surface area contributed by atoms with Crippen LogP contribution in [-0.2, 0) is 11.2 Å². The molecular weight excluding hydrogens is 268 g/mol. The molecule has 0 spiro atoms. The molecule has 7 heteroatoms. The van der Waals surface area contributed by atoms with Gasteiger partial charge in [0.25, 0.3) is 5.92 Å². The quantitative estimate of drug-likeness (QED) is 0.930. The molecule has 0 fully saturated rings. The Balaban J connectivity index is 2.13. The lowest BCUT2D eigenvalue weighted by Gasteiger charge is -2.36. The first kappa shape index (κ1) is 14.7. The van der Waals surface area contributed by atoms with Crippen LogP contribution in [0, 0.1) is 5.92 Å². The second kappa shape index (κ2) is 5.38. The van der Waals surface area contributed by atoms with Gasteiger partial charge in [-0.25, -0.2) is 18.6 Å². The fraction of sp³-hybridized carbons (Fsp3) is 0.692. The van der Waals surface area contributed by atoms with E-state index in [1.807, 2.05) is 13.8 Å². The predicted molar refractivity (Wildman–Crippen MR) is 68.5 cm³/mol. The molecule has 1 aliphatic heterocycles. The first-order chi connectivity index (χ1) is 9.29. The zero-order valence-corrected chi connectivity index (χ0v) is 11.8. The summed E-state index contributed by atoms with van der Waals surface area (Å²) in [5, 5.41) is 0. The highest BCUT2D eigenvalue weighted by Crippen LogP contribution is 2.33. The van der Waals surface area contributed by atoms with E-state index >= 15 is 0 Å². The molecule has 0 saturated heterocycles. The maximum atomic E-state index is 12.8. The molecule has 1 aromatic heterocycles. The van der Waals surface area contributed by atoms with Crippen molar-refractivity contribution in [2.24, 2.45) is 5.92 Å². The number of aromatic amines is 1. The number of fused-ring (bicyclic) bond motifs is 1. The molecule has 1 aromatic rings. The van der Waals surface area contributed by atoms with Crippen molar-refractivity contribution in [1.82, 2.24) is 14.9 Å². The molecular formula is C13H19F2N3O2. The zero-order chi connectivity index (χ0) is 14.9. The summed E-state index contributed by atoms with van der Waals surface area (Å²) < 4.78 is 30.3. The van der Waals surface area contributed by atoms with Crippen LogP contribution in [0.2, 0.25) is 0 Å². The molecule has 20 heavy (non-hydrogen) atoms. The summed E-state index contributed by atoms with van der Waals surface area (Å²) in [6.45, 7) is 4.18. The molecule has 1 unspecified atom stereocenters. The number of nitrogens with zero attached hydrogens (tertiary/aromatic N) is 2. The van der Waals surface area contributed by atoms with Crippen molar-refractivity contribution in [2.45, 2.75) is 39.2 Å². The van der Waals surface area contributed by atoms with Crippen LogP contribution in [0.15, 0.2) is 6.33 Å². The summed E-state index contributed by atoms with van der Waals surface area (Å²) in [4.78, 5) is 20.8. The van der Waals surface area contributed by atoms with Gasteiger partial charge in [0.2, 0.25) is 0 Å². The number of nitrogens with one attached hydrogen (secondary N) is 1. The Morgan fingerprint density at radius 1 is 1.65 bits per heavy atom. The lowest BCUT2D eigenvalue weighted by Crippen LogP contribution is -2.43. The number of hydrogen-bond acceptors (Lipinski definition) is 3. The van der Waals surface area contributed by atoms with E-state index in [4.69, 9.17) is 4.74 Å². The number of aromatic nitrogens is 2. The number of halogens is 2. The molecule has 0 bridgehead atoms. The van der Waals surface area contributed by atoms with Crippen molar-refractivity contribution in [3.8, 4) is 0 Å². The Hall–Kier alpha value is -1.66. The van der Waals surface area contributed by atoms with Crippen molar-refractivity contribution in [2.75, 3.05) is 13.2 Å². The summed E-state index contributed by atoms with van der Waals surface area (Å²) in [6.07, 6.45) is 1.50. The maximum absolute atomic E-state index is 12.8. The molecule has 2 rings (SSSR count). The van der Waals surface area contributed by atoms with Crippen LogP contribution in [0.3, 0.4) is 0 Å². The first-order valence-corrected chi connectivity index (χ1v) is 6.63. The van der Waals surface area contributed by atoms with Gasteiger partial charge in [-0.05, 0) is 5.92 Å². The van der Waals surface area contributed by atoms with Gasteiger partial charge in [-0.15, -0.1) is 0 Å². The number of ether oxygens (including phenoxy) is 1. The minimum absolute atomic E-state index is 0.118. The third-order valence-electron chi connectivity index (χ3n) is 3.29. The summed E-state index contributed by atoms with van der Waals surface area (Å²) in [7, 11) is 0. The number of carbonyl (C=O) groups is 1. The molecule has 2 heterocycles. The summed E-state index contributed by atoms with van der Waals surface area (Å²) in [5.41, 5.74) is 1.79. The van der Waals surface area contributed by atoms with Crippen molar-refractivity contribution in [3.63, 3.8) is 0 Å². The molecule has 0 aromatic carbocycles. The average molecular weight is 287 g/mol. The smallest absolute Gasteiger partial charge is 0.410 e. The van der Waals surface area contributed by atoms with Gasteiger partial charge in [-0.3, -0.25) is 4.90 Å². The number of rotatable bonds is 3. The lowest BCUT2D eigenvalue weighted by molar-refractivity contribution is -0.0493. The summed E-state index contributed by atoms with van der Waals surface area (Å²) in [6, 6.07) is -0.247. The van der Waals surface area contributed by atoms with Gasteiger partial charge < -0.3 is 9.72 Å². The number of H-pyrrole nitrogens is 1. The standard InChI is InChI=1S/C13H19F2N3O2/c1-8(2)11-10-9(16-7-17-10)4-5-18(11)12(19)20-6-13(3,14)15/h7-8,11H,4-6H2,1-3H3,(H,16,17). The van der Waals surface area contributed by atoms with Crippen LogP contribution in [0.25, 0.3) is 0 Å². The molecule has 0 aliphatic carbocycles. The van der Waals surface area contributed by atoms with Crippen LogP contribution >= 0.6 is 0 Å². The molecule has 0 radical (unpaired) electrons. The van der Waals surface area contributed by atoms with E-state index in [1.54, 1.807) is 6.33 Å². The van der Waals surface area contributed by atoms with Gasteiger partial charge in [0, 0.05) is 25.6 Å². The van der Waals surface area contributed by atoms with Crippen molar-refractivity contribution < 1.29 is 18.3 Å². The third-order valence-corrected chi connectivity index (χ3v) is 3.29. The molecule has 5 nitrogen and oxygen atoms in total. The second-order valence-corrected chi connectivity index (χ2v) is 5.52. The van der Waals surface area contributed by atoms with Crippen molar-refractivity contribution in [1.29, 1.82) is 0 Å². The highest BCUT2D eigenvalue weighted by molar-refractivity contribution is 5.69. The lowest BCUT2D eigenvalue weighted by atomic mass is 9.94. The Kier molecular flexibility index (Phi) is 3.96. The summed E-state index contributed by atoms with van der Waals surface area (Å²) >= 11 is 0. The number of amides is 1. The van der Waals surface area contributed by atoms with Crippen LogP contribution in [0.4, 0.5) is 13.6 Å². The minimum atomic E-state index is -3.02. The van der Waals surface area contributed by atoms with Gasteiger partial charge >= 0.3 is 6.09 Å². The maximum Gasteiger partial charge on any atom is 0.410 e. The Morgan fingerprint density at radius 3 is 2.95 bits per heavy atom. The van der Waals surface area contributed by atoms with Gasteiger partial charge in [0.1, 0.15) is 0 Å². The van der Waals surface area contributed by atoms with Crippen LogP contribution in [0.5, 0.6) is 0 Å². The summed E-state index contributed by atoms with van der Waals surface area (Å²) in [5.74, 6) is -2.90. The van der Waals surface area contributed by atoms with E-state index < -0.39 is 18.6 Å². The normalized spacial score (nSPS) is 19.1. The molecule has 1 aliphatic rings. The van der Waals surface area contributed by atoms with E-state index in [-0.39, 0.29) is 12.0 Å². The minimum Gasteiger partial charge on any atom is -0.443 e. The Labute approximate surface area is 116 Å². The first-order valence-electron chi connectivity index (χ1n) is 6.63. The van der Waals surface area contributed by atoms with E-state index in [0.29, 0.717) is 13.0 Å². The Bertz CT molecular complexity index is 482. The molecule has 1 atom stereocenters. The topological polar surface area (TPSA) is 58.2 Å². The highest BCUT2D eigenvalue weighted by atomic mass is 19.3. The van der Waals surface area contributed by atoms with Crippen LogP contribution in [0.1, 0.15) is 38.2 Å². The zero-order valence-electron chi connectivity index (χ0n) is 11.8. The van der Waals surface area contributed by atoms with Gasteiger partial charge in [-0.1, -0.05) is 13.8 Å². The molecule has 1 N–H and O–H groups in total. The van der Waals surface area contributed by atoms with E-state index in [9.17, 15) is 13.6 Å². The van der Waals surface area contributed by atoms with Gasteiger partial charge in [0.05, 0.1) is 18.1 Å². The van der Waals surface area contributed by atoms with E-state index in [2.05, 4.69) is 9.97 Å². The fourth-order valence-corrected chi connectivity index (χ4v) is 2.46. The number of hydrogen-bond donors (Lipinski definition) is 1. The van der Waals surface area contributed by atoms with Crippen molar-refractivity contribution >= 4 is 6.09 Å². The highest BCUT2D eigenvalue weighted by Gasteiger charge is 2.36. The predicted octanol–water partition coefficient (Wildman–Crippen LogP) is 2.76. The number of carbonyl (C=O) groups excluding carboxylic acids is 1. The van der Waals surface area contributed by atoms with Gasteiger partial charge in [0.15, 0.2) is 6.61 Å². The third kappa shape index (κ3) is 3.08. The fourth-order valence-electron chi connectivity index (χ4n) is 2.46. The average Bonchev–Trinajstić information content (AvgIpc) is 2.81. The number of alkyl halides is 2. The van der Waals surface area contributed by atoms with E-state index in [1.165, 1.54) is 4.90 Å². The second-order valence-electron chi connectivity index (χ2n) is 5.52.